The molecule has 0 spiro atoms. The van der Waals surface area contributed by atoms with E-state index >= 15 is 0 Å². The number of rotatable bonds is 3. The Hall–Kier alpha value is -0.510. The quantitative estimate of drug-likeness (QED) is 0.850. The molecule has 0 amide bonds. The van der Waals surface area contributed by atoms with Crippen LogP contribution in [0.15, 0.2) is 4.47 Å². The van der Waals surface area contributed by atoms with Crippen molar-refractivity contribution in [2.24, 2.45) is 5.41 Å². The lowest BCUT2D eigenvalue weighted by Crippen LogP contribution is -2.32. The van der Waals surface area contributed by atoms with Crippen molar-refractivity contribution in [2.75, 3.05) is 11.9 Å². The van der Waals surface area contributed by atoms with Crippen molar-refractivity contribution in [2.45, 2.75) is 65.8 Å². The Morgan fingerprint density at radius 2 is 2.00 bits per heavy atom. The molecule has 1 aromatic heterocycles. The van der Waals surface area contributed by atoms with E-state index in [0.29, 0.717) is 12.0 Å². The molecule has 1 aliphatic heterocycles. The molecule has 0 radical (unpaired) electrons. The van der Waals surface area contributed by atoms with E-state index in [4.69, 9.17) is 5.10 Å². The summed E-state index contributed by atoms with van der Waals surface area (Å²) < 4.78 is 3.40. The molecule has 0 bridgehead atoms. The van der Waals surface area contributed by atoms with Gasteiger partial charge in [0.15, 0.2) is 0 Å². The molecule has 4 heteroatoms. The lowest BCUT2D eigenvalue weighted by Gasteiger charge is -2.35. The predicted molar refractivity (Wildman–Crippen MR) is 84.8 cm³/mol. The van der Waals surface area contributed by atoms with Gasteiger partial charge in [0, 0.05) is 12.5 Å². The molecule has 0 aliphatic carbocycles. The SMILES string of the molecule is CCC(CC)c1nn2c(c1Br)NCCC2C(C)(C)C. The van der Waals surface area contributed by atoms with E-state index in [9.17, 15) is 0 Å². The Balaban J connectivity index is 2.46. The fraction of sp³-hybridized carbons (Fsp3) is 0.800. The average molecular weight is 328 g/mol. The molecule has 1 atom stereocenters. The largest absolute Gasteiger partial charge is 0.369 e. The Kier molecular flexibility index (Phi) is 4.29. The Bertz CT molecular complexity index is 441. The van der Waals surface area contributed by atoms with Crippen LogP contribution in [0.1, 0.15) is 71.5 Å². The number of halogens is 1. The van der Waals surface area contributed by atoms with Crippen molar-refractivity contribution >= 4 is 21.7 Å². The van der Waals surface area contributed by atoms with Crippen molar-refractivity contribution in [1.82, 2.24) is 9.78 Å². The molecule has 1 N–H and O–H groups in total. The average Bonchev–Trinajstić information content (AvgIpc) is 2.68. The van der Waals surface area contributed by atoms with Gasteiger partial charge in [0.1, 0.15) is 5.82 Å². The molecule has 108 valence electrons. The minimum absolute atomic E-state index is 0.244. The minimum atomic E-state index is 0.244. The van der Waals surface area contributed by atoms with Gasteiger partial charge >= 0.3 is 0 Å². The van der Waals surface area contributed by atoms with Gasteiger partial charge in [-0.1, -0.05) is 34.6 Å². The van der Waals surface area contributed by atoms with Crippen LogP contribution in [0.5, 0.6) is 0 Å². The summed E-state index contributed by atoms with van der Waals surface area (Å²) in [4.78, 5) is 0. The van der Waals surface area contributed by atoms with Crippen LogP contribution in [0.2, 0.25) is 0 Å². The number of aromatic nitrogens is 2. The number of fused-ring (bicyclic) bond motifs is 1. The molecule has 19 heavy (non-hydrogen) atoms. The molecule has 3 nitrogen and oxygen atoms in total. The highest BCUT2D eigenvalue weighted by Gasteiger charge is 2.34. The molecular formula is C15H26BrN3. The van der Waals surface area contributed by atoms with Crippen LogP contribution in [-0.2, 0) is 0 Å². The smallest absolute Gasteiger partial charge is 0.139 e. The molecule has 0 fully saturated rings. The van der Waals surface area contributed by atoms with Gasteiger partial charge in [-0.05, 0) is 40.6 Å². The number of nitrogens with one attached hydrogen (secondary N) is 1. The normalized spacial score (nSPS) is 19.4. The first-order chi connectivity index (χ1) is 8.90. The molecule has 1 aliphatic rings. The lowest BCUT2D eigenvalue weighted by molar-refractivity contribution is 0.209. The molecule has 0 saturated heterocycles. The first-order valence-corrected chi connectivity index (χ1v) is 8.21. The Morgan fingerprint density at radius 1 is 1.37 bits per heavy atom. The van der Waals surface area contributed by atoms with Crippen LogP contribution in [0, 0.1) is 5.41 Å². The maximum atomic E-state index is 4.95. The summed E-state index contributed by atoms with van der Waals surface area (Å²) in [7, 11) is 0. The number of hydrogen-bond donors (Lipinski definition) is 1. The highest BCUT2D eigenvalue weighted by molar-refractivity contribution is 9.10. The first-order valence-electron chi connectivity index (χ1n) is 7.41. The standard InChI is InChI=1S/C15H26BrN3/c1-6-10(7-2)13-12(16)14-17-9-8-11(15(3,4)5)19(14)18-13/h10-11,17H,6-9H2,1-5H3. The lowest BCUT2D eigenvalue weighted by atomic mass is 9.84. The van der Waals surface area contributed by atoms with Crippen LogP contribution in [-0.4, -0.2) is 16.3 Å². The van der Waals surface area contributed by atoms with Gasteiger partial charge in [-0.2, -0.15) is 5.10 Å². The zero-order valence-corrected chi connectivity index (χ0v) is 14.3. The van der Waals surface area contributed by atoms with E-state index in [1.54, 1.807) is 0 Å². The highest BCUT2D eigenvalue weighted by atomic mass is 79.9. The minimum Gasteiger partial charge on any atom is -0.369 e. The fourth-order valence-corrected chi connectivity index (χ4v) is 3.73. The Morgan fingerprint density at radius 3 is 2.53 bits per heavy atom. The van der Waals surface area contributed by atoms with Crippen LogP contribution in [0.4, 0.5) is 5.82 Å². The molecule has 1 aromatic rings. The van der Waals surface area contributed by atoms with E-state index in [1.165, 1.54) is 16.0 Å². The maximum absolute atomic E-state index is 4.95. The summed E-state index contributed by atoms with van der Waals surface area (Å²) in [6.45, 7) is 12.4. The third-order valence-corrected chi connectivity index (χ3v) is 5.04. The highest BCUT2D eigenvalue weighted by Crippen LogP contribution is 2.43. The van der Waals surface area contributed by atoms with E-state index in [1.807, 2.05) is 0 Å². The second kappa shape index (κ2) is 5.47. The molecule has 2 heterocycles. The van der Waals surface area contributed by atoms with Gasteiger partial charge in [0.05, 0.1) is 16.2 Å². The van der Waals surface area contributed by atoms with E-state index in [-0.39, 0.29) is 5.41 Å². The summed E-state index contributed by atoms with van der Waals surface area (Å²) in [6, 6.07) is 0.475. The summed E-state index contributed by atoms with van der Waals surface area (Å²) in [5.74, 6) is 1.72. The van der Waals surface area contributed by atoms with Crippen LogP contribution < -0.4 is 5.32 Å². The molecule has 0 saturated carbocycles. The van der Waals surface area contributed by atoms with Gasteiger partial charge in [-0.3, -0.25) is 0 Å². The second-order valence-electron chi connectivity index (χ2n) is 6.60. The summed E-state index contributed by atoms with van der Waals surface area (Å²) in [5.41, 5.74) is 1.47. The fourth-order valence-electron chi connectivity index (χ4n) is 3.00. The summed E-state index contributed by atoms with van der Waals surface area (Å²) >= 11 is 3.77. The number of nitrogens with zero attached hydrogens (tertiary/aromatic N) is 2. The second-order valence-corrected chi connectivity index (χ2v) is 7.40. The van der Waals surface area contributed by atoms with Gasteiger partial charge in [-0.25, -0.2) is 4.68 Å². The monoisotopic (exact) mass is 327 g/mol. The van der Waals surface area contributed by atoms with Gasteiger partial charge in [0.25, 0.3) is 0 Å². The van der Waals surface area contributed by atoms with Crippen LogP contribution in [0.25, 0.3) is 0 Å². The summed E-state index contributed by atoms with van der Waals surface area (Å²) in [6.07, 6.45) is 3.43. The molecule has 1 unspecified atom stereocenters. The summed E-state index contributed by atoms with van der Waals surface area (Å²) in [5, 5.41) is 8.46. The van der Waals surface area contributed by atoms with Crippen LogP contribution >= 0.6 is 15.9 Å². The van der Waals surface area contributed by atoms with Crippen molar-refractivity contribution < 1.29 is 0 Å². The zero-order valence-electron chi connectivity index (χ0n) is 12.8. The third-order valence-electron chi connectivity index (χ3n) is 4.25. The number of anilines is 1. The zero-order chi connectivity index (χ0) is 14.2. The van der Waals surface area contributed by atoms with Gasteiger partial charge in [-0.15, -0.1) is 0 Å². The molecule has 2 rings (SSSR count). The van der Waals surface area contributed by atoms with E-state index in [2.05, 4.69) is 60.5 Å². The van der Waals surface area contributed by atoms with Crippen molar-refractivity contribution in [1.29, 1.82) is 0 Å². The number of hydrogen-bond acceptors (Lipinski definition) is 2. The van der Waals surface area contributed by atoms with E-state index < -0.39 is 0 Å². The predicted octanol–water partition coefficient (Wildman–Crippen LogP) is 4.95. The van der Waals surface area contributed by atoms with E-state index in [0.717, 1.165) is 25.8 Å². The van der Waals surface area contributed by atoms with Crippen molar-refractivity contribution in [3.8, 4) is 0 Å². The van der Waals surface area contributed by atoms with Crippen molar-refractivity contribution in [3.05, 3.63) is 10.2 Å². The van der Waals surface area contributed by atoms with Crippen LogP contribution in [0.3, 0.4) is 0 Å². The first kappa shape index (κ1) is 14.9. The molecule has 0 aromatic carbocycles. The topological polar surface area (TPSA) is 29.9 Å². The van der Waals surface area contributed by atoms with Gasteiger partial charge in [0.2, 0.25) is 0 Å². The Labute approximate surface area is 125 Å². The van der Waals surface area contributed by atoms with Gasteiger partial charge < -0.3 is 5.32 Å². The molecular weight excluding hydrogens is 302 g/mol. The third kappa shape index (κ3) is 2.69. The maximum Gasteiger partial charge on any atom is 0.139 e. The van der Waals surface area contributed by atoms with Crippen molar-refractivity contribution in [3.63, 3.8) is 0 Å².